The second kappa shape index (κ2) is 6.05. The predicted octanol–water partition coefficient (Wildman–Crippen LogP) is 1.97. The zero-order chi connectivity index (χ0) is 18.4. The molecule has 5 rings (SSSR count). The first-order valence-electron chi connectivity index (χ1n) is 8.91. The number of nitrogens with zero attached hydrogens (tertiary/aromatic N) is 4. The molecule has 0 fully saturated rings. The van der Waals surface area contributed by atoms with Crippen LogP contribution in [0.15, 0.2) is 54.6 Å². The fourth-order valence-electron chi connectivity index (χ4n) is 3.81. The Morgan fingerprint density at radius 2 is 1.85 bits per heavy atom. The molecule has 0 unspecified atom stereocenters. The van der Waals surface area contributed by atoms with E-state index in [-0.39, 0.29) is 29.2 Å². The minimum Gasteiger partial charge on any atom is -0.342 e. The van der Waals surface area contributed by atoms with E-state index in [2.05, 4.69) is 15.6 Å². The Kier molecular flexibility index (Phi) is 3.53. The lowest BCUT2D eigenvalue weighted by Gasteiger charge is -2.25. The quantitative estimate of drug-likeness (QED) is 0.759. The maximum Gasteiger partial charge on any atom is 0.281 e. The van der Waals surface area contributed by atoms with Crippen LogP contribution in [0.4, 0.5) is 5.69 Å². The zero-order valence-corrected chi connectivity index (χ0v) is 14.5. The normalized spacial score (nSPS) is 18.0. The van der Waals surface area contributed by atoms with Gasteiger partial charge in [-0.2, -0.15) is 0 Å². The zero-order valence-electron chi connectivity index (χ0n) is 14.5. The van der Waals surface area contributed by atoms with Gasteiger partial charge in [0.2, 0.25) is 0 Å². The van der Waals surface area contributed by atoms with Gasteiger partial charge in [0.15, 0.2) is 11.4 Å². The monoisotopic (exact) mass is 359 g/mol. The minimum atomic E-state index is -0.323. The molecule has 7 nitrogen and oxygen atoms in total. The fraction of sp³-hybridized carbons (Fsp3) is 0.200. The smallest absolute Gasteiger partial charge is 0.281 e. The van der Waals surface area contributed by atoms with Crippen LogP contribution in [0.3, 0.4) is 0 Å². The van der Waals surface area contributed by atoms with Crippen molar-refractivity contribution in [2.75, 3.05) is 11.4 Å². The van der Waals surface area contributed by atoms with Crippen LogP contribution in [0, 0.1) is 0 Å². The average Bonchev–Trinajstić information content (AvgIpc) is 3.33. The Labute approximate surface area is 155 Å². The van der Waals surface area contributed by atoms with E-state index in [1.54, 1.807) is 4.90 Å². The van der Waals surface area contributed by atoms with E-state index < -0.39 is 0 Å². The molecule has 1 atom stereocenters. The molecular weight excluding hydrogens is 342 g/mol. The third kappa shape index (κ3) is 2.51. The molecule has 1 aromatic heterocycles. The summed E-state index contributed by atoms with van der Waals surface area (Å²) >= 11 is 0. The summed E-state index contributed by atoms with van der Waals surface area (Å²) in [4.78, 5) is 27.5. The molecule has 1 N–H and O–H groups in total. The standard InChI is InChI=1S/C20H17N5O2/c26-19-18-17(20(27)24-11-10-14-8-4-5-9-16(14)24)22-23-25(18)12-15(21-19)13-6-2-1-3-7-13/h1-9,15H,10-12H2,(H,21,26)/t15-/m1/s1. The van der Waals surface area contributed by atoms with Gasteiger partial charge in [0.25, 0.3) is 11.8 Å². The van der Waals surface area contributed by atoms with Crippen molar-refractivity contribution in [3.05, 3.63) is 77.1 Å². The van der Waals surface area contributed by atoms with E-state index >= 15 is 0 Å². The SMILES string of the molecule is O=C1N[C@@H](c2ccccc2)Cn2nnc(C(=O)N3CCc4ccccc43)c21. The number of carbonyl (C=O) groups is 2. The summed E-state index contributed by atoms with van der Waals surface area (Å²) in [5.74, 6) is -0.606. The molecule has 2 aliphatic rings. The number of carbonyl (C=O) groups excluding carboxylic acids is 2. The second-order valence-electron chi connectivity index (χ2n) is 6.74. The van der Waals surface area contributed by atoms with Crippen molar-refractivity contribution < 1.29 is 9.59 Å². The minimum absolute atomic E-state index is 0.107. The molecule has 0 saturated heterocycles. The van der Waals surface area contributed by atoms with Crippen LogP contribution in [0.2, 0.25) is 0 Å². The lowest BCUT2D eigenvalue weighted by atomic mass is 10.0. The van der Waals surface area contributed by atoms with Crippen molar-refractivity contribution in [1.29, 1.82) is 0 Å². The van der Waals surface area contributed by atoms with E-state index in [0.29, 0.717) is 13.1 Å². The third-order valence-electron chi connectivity index (χ3n) is 5.15. The number of aromatic nitrogens is 3. The summed E-state index contributed by atoms with van der Waals surface area (Å²) in [7, 11) is 0. The van der Waals surface area contributed by atoms with Crippen molar-refractivity contribution in [2.45, 2.75) is 19.0 Å². The average molecular weight is 359 g/mol. The molecule has 3 heterocycles. The Morgan fingerprint density at radius 1 is 1.07 bits per heavy atom. The van der Waals surface area contributed by atoms with Gasteiger partial charge in [-0.15, -0.1) is 5.10 Å². The lowest BCUT2D eigenvalue weighted by Crippen LogP contribution is -2.40. The molecule has 2 aliphatic heterocycles. The van der Waals surface area contributed by atoms with Crippen molar-refractivity contribution in [3.8, 4) is 0 Å². The summed E-state index contributed by atoms with van der Waals surface area (Å²) in [6, 6.07) is 17.3. The van der Waals surface area contributed by atoms with Crippen molar-refractivity contribution >= 4 is 17.5 Å². The summed E-state index contributed by atoms with van der Waals surface area (Å²) in [6.07, 6.45) is 0.799. The van der Waals surface area contributed by atoms with Gasteiger partial charge in [-0.1, -0.05) is 53.7 Å². The van der Waals surface area contributed by atoms with Crippen LogP contribution in [0.25, 0.3) is 0 Å². The van der Waals surface area contributed by atoms with Crippen LogP contribution in [0.5, 0.6) is 0 Å². The van der Waals surface area contributed by atoms with Crippen molar-refractivity contribution in [1.82, 2.24) is 20.3 Å². The molecule has 3 aromatic rings. The summed E-state index contributed by atoms with van der Waals surface area (Å²) in [5.41, 5.74) is 3.34. The maximum atomic E-state index is 13.1. The van der Waals surface area contributed by atoms with Crippen LogP contribution in [0.1, 0.15) is 38.1 Å². The van der Waals surface area contributed by atoms with Crippen molar-refractivity contribution in [2.24, 2.45) is 0 Å². The predicted molar refractivity (Wildman–Crippen MR) is 98.5 cm³/mol. The van der Waals surface area contributed by atoms with Gasteiger partial charge in [0, 0.05) is 12.2 Å². The van der Waals surface area contributed by atoms with Gasteiger partial charge >= 0.3 is 0 Å². The number of nitrogens with one attached hydrogen (secondary N) is 1. The molecule has 134 valence electrons. The highest BCUT2D eigenvalue weighted by Gasteiger charge is 2.36. The van der Waals surface area contributed by atoms with Gasteiger partial charge in [0.1, 0.15) is 0 Å². The molecule has 2 amide bonds. The number of fused-ring (bicyclic) bond motifs is 2. The number of amides is 2. The highest BCUT2D eigenvalue weighted by Crippen LogP contribution is 2.30. The van der Waals surface area contributed by atoms with E-state index in [0.717, 1.165) is 23.2 Å². The molecule has 27 heavy (non-hydrogen) atoms. The number of anilines is 1. The number of para-hydroxylation sites is 1. The summed E-state index contributed by atoms with van der Waals surface area (Å²) < 4.78 is 1.53. The van der Waals surface area contributed by atoms with Crippen molar-refractivity contribution in [3.63, 3.8) is 0 Å². The van der Waals surface area contributed by atoms with Gasteiger partial charge in [0.05, 0.1) is 12.6 Å². The molecule has 0 spiro atoms. The first-order chi connectivity index (χ1) is 13.2. The van der Waals surface area contributed by atoms with Gasteiger partial charge in [-0.25, -0.2) is 4.68 Å². The number of hydrogen-bond acceptors (Lipinski definition) is 4. The Hall–Kier alpha value is -3.48. The first-order valence-corrected chi connectivity index (χ1v) is 8.91. The topological polar surface area (TPSA) is 80.1 Å². The number of hydrogen-bond donors (Lipinski definition) is 1. The molecule has 0 radical (unpaired) electrons. The summed E-state index contributed by atoms with van der Waals surface area (Å²) in [6.45, 7) is 1.03. The van der Waals surface area contributed by atoms with Gasteiger partial charge in [-0.05, 0) is 23.6 Å². The van der Waals surface area contributed by atoms with E-state index in [1.165, 1.54) is 4.68 Å². The Morgan fingerprint density at radius 3 is 2.70 bits per heavy atom. The first kappa shape index (κ1) is 15.7. The van der Waals surface area contributed by atoms with Crippen LogP contribution < -0.4 is 10.2 Å². The Bertz CT molecular complexity index is 1040. The van der Waals surface area contributed by atoms with Crippen LogP contribution in [-0.2, 0) is 13.0 Å². The lowest BCUT2D eigenvalue weighted by molar-refractivity contribution is 0.0882. The molecule has 0 saturated carbocycles. The van der Waals surface area contributed by atoms with Gasteiger partial charge < -0.3 is 10.2 Å². The highest BCUT2D eigenvalue weighted by molar-refractivity contribution is 6.12. The third-order valence-corrected chi connectivity index (χ3v) is 5.15. The highest BCUT2D eigenvalue weighted by atomic mass is 16.2. The molecular formula is C20H17N5O2. The van der Waals surface area contributed by atoms with Crippen LogP contribution in [-0.4, -0.2) is 33.4 Å². The maximum absolute atomic E-state index is 13.1. The van der Waals surface area contributed by atoms with Crippen LogP contribution >= 0.6 is 0 Å². The molecule has 2 aromatic carbocycles. The van der Waals surface area contributed by atoms with E-state index in [1.807, 2.05) is 54.6 Å². The van der Waals surface area contributed by atoms with Gasteiger partial charge in [-0.3, -0.25) is 9.59 Å². The summed E-state index contributed by atoms with van der Waals surface area (Å²) in [5, 5.41) is 11.1. The fourth-order valence-corrected chi connectivity index (χ4v) is 3.81. The Balaban J connectivity index is 1.47. The number of rotatable bonds is 2. The molecule has 0 aliphatic carbocycles. The molecule has 7 heteroatoms. The van der Waals surface area contributed by atoms with E-state index in [9.17, 15) is 9.59 Å². The number of benzene rings is 2. The largest absolute Gasteiger partial charge is 0.342 e. The molecule has 0 bridgehead atoms. The second-order valence-corrected chi connectivity index (χ2v) is 6.74. The van der Waals surface area contributed by atoms with E-state index in [4.69, 9.17) is 0 Å².